The zero-order chi connectivity index (χ0) is 15.4. The Hall–Kier alpha value is -1.81. The van der Waals surface area contributed by atoms with Gasteiger partial charge in [0.05, 0.1) is 25.3 Å². The van der Waals surface area contributed by atoms with Gasteiger partial charge in [-0.05, 0) is 38.5 Å². The van der Waals surface area contributed by atoms with Crippen molar-refractivity contribution in [2.75, 3.05) is 6.61 Å². The quantitative estimate of drug-likeness (QED) is 0.796. The third kappa shape index (κ3) is 3.85. The molecule has 1 aromatic heterocycles. The lowest BCUT2D eigenvalue weighted by Crippen LogP contribution is -2.09. The molecule has 5 heteroatoms. The van der Waals surface area contributed by atoms with Gasteiger partial charge in [0.25, 0.3) is 0 Å². The summed E-state index contributed by atoms with van der Waals surface area (Å²) in [5, 5.41) is 5.23. The SMILES string of the molecule is CCOC(=O)Cc1c(C)nn(Cc2ccc(Cl)cc2)c1C. The molecule has 2 rings (SSSR count). The van der Waals surface area contributed by atoms with Crippen molar-refractivity contribution in [2.45, 2.75) is 33.7 Å². The molecule has 0 fully saturated rings. The van der Waals surface area contributed by atoms with Gasteiger partial charge in [-0.3, -0.25) is 9.48 Å². The highest BCUT2D eigenvalue weighted by atomic mass is 35.5. The highest BCUT2D eigenvalue weighted by Gasteiger charge is 2.15. The molecule has 0 amide bonds. The number of esters is 1. The van der Waals surface area contributed by atoms with Gasteiger partial charge in [-0.15, -0.1) is 0 Å². The molecular weight excluding hydrogens is 288 g/mol. The lowest BCUT2D eigenvalue weighted by molar-refractivity contribution is -0.142. The predicted octanol–water partition coefficient (Wildman–Crippen LogP) is 3.31. The molecule has 0 aliphatic carbocycles. The number of nitrogens with zero attached hydrogens (tertiary/aromatic N) is 2. The number of aryl methyl sites for hydroxylation is 1. The van der Waals surface area contributed by atoms with E-state index >= 15 is 0 Å². The third-order valence-corrected chi connectivity index (χ3v) is 3.66. The van der Waals surface area contributed by atoms with E-state index in [0.717, 1.165) is 27.5 Å². The third-order valence-electron chi connectivity index (χ3n) is 3.40. The van der Waals surface area contributed by atoms with Crippen molar-refractivity contribution in [2.24, 2.45) is 0 Å². The van der Waals surface area contributed by atoms with Gasteiger partial charge in [0.2, 0.25) is 0 Å². The first kappa shape index (κ1) is 15.6. The van der Waals surface area contributed by atoms with E-state index in [4.69, 9.17) is 16.3 Å². The van der Waals surface area contributed by atoms with Gasteiger partial charge < -0.3 is 4.74 Å². The first-order valence-corrected chi connectivity index (χ1v) is 7.32. The largest absolute Gasteiger partial charge is 0.466 e. The summed E-state index contributed by atoms with van der Waals surface area (Å²) in [4.78, 5) is 11.6. The second-order valence-electron chi connectivity index (χ2n) is 4.92. The van der Waals surface area contributed by atoms with E-state index < -0.39 is 0 Å². The number of hydrogen-bond donors (Lipinski definition) is 0. The average molecular weight is 307 g/mol. The minimum Gasteiger partial charge on any atom is -0.466 e. The summed E-state index contributed by atoms with van der Waals surface area (Å²) in [6.45, 7) is 6.76. The molecule has 0 saturated carbocycles. The van der Waals surface area contributed by atoms with Crippen LogP contribution in [0.4, 0.5) is 0 Å². The van der Waals surface area contributed by atoms with Crippen molar-refractivity contribution >= 4 is 17.6 Å². The summed E-state index contributed by atoms with van der Waals surface area (Å²) in [5.41, 5.74) is 3.93. The van der Waals surface area contributed by atoms with Crippen LogP contribution in [-0.2, 0) is 22.5 Å². The minimum atomic E-state index is -0.213. The summed E-state index contributed by atoms with van der Waals surface area (Å²) in [6, 6.07) is 7.68. The van der Waals surface area contributed by atoms with Gasteiger partial charge in [-0.1, -0.05) is 23.7 Å². The Bertz CT molecular complexity index is 632. The van der Waals surface area contributed by atoms with Gasteiger partial charge in [0.1, 0.15) is 0 Å². The molecule has 0 saturated heterocycles. The highest BCUT2D eigenvalue weighted by Crippen LogP contribution is 2.17. The molecule has 0 radical (unpaired) electrons. The number of aromatic nitrogens is 2. The van der Waals surface area contributed by atoms with E-state index in [0.29, 0.717) is 13.2 Å². The maximum absolute atomic E-state index is 11.6. The van der Waals surface area contributed by atoms with Crippen molar-refractivity contribution in [3.8, 4) is 0 Å². The molecule has 0 atom stereocenters. The normalized spacial score (nSPS) is 10.7. The Morgan fingerprint density at radius 3 is 2.57 bits per heavy atom. The molecule has 4 nitrogen and oxygen atoms in total. The van der Waals surface area contributed by atoms with E-state index in [-0.39, 0.29) is 12.4 Å². The van der Waals surface area contributed by atoms with Crippen molar-refractivity contribution in [3.63, 3.8) is 0 Å². The van der Waals surface area contributed by atoms with Crippen molar-refractivity contribution in [1.29, 1.82) is 0 Å². The summed E-state index contributed by atoms with van der Waals surface area (Å²) in [5.74, 6) is -0.213. The zero-order valence-corrected chi connectivity index (χ0v) is 13.3. The van der Waals surface area contributed by atoms with Gasteiger partial charge in [-0.2, -0.15) is 5.10 Å². The number of carbonyl (C=O) groups excluding carboxylic acids is 1. The molecule has 2 aromatic rings. The predicted molar refractivity (Wildman–Crippen MR) is 82.6 cm³/mol. The van der Waals surface area contributed by atoms with E-state index in [9.17, 15) is 4.79 Å². The van der Waals surface area contributed by atoms with Crippen LogP contribution in [0, 0.1) is 13.8 Å². The fourth-order valence-corrected chi connectivity index (χ4v) is 2.39. The van der Waals surface area contributed by atoms with Gasteiger partial charge >= 0.3 is 5.97 Å². The lowest BCUT2D eigenvalue weighted by Gasteiger charge is -2.06. The van der Waals surface area contributed by atoms with Crippen LogP contribution in [0.15, 0.2) is 24.3 Å². The smallest absolute Gasteiger partial charge is 0.310 e. The molecular formula is C16H19ClN2O2. The number of hydrogen-bond acceptors (Lipinski definition) is 3. The van der Waals surface area contributed by atoms with E-state index in [1.165, 1.54) is 0 Å². The van der Waals surface area contributed by atoms with Gasteiger partial charge in [0.15, 0.2) is 0 Å². The molecule has 0 aliphatic rings. The van der Waals surface area contributed by atoms with Crippen molar-refractivity contribution in [1.82, 2.24) is 9.78 Å². The molecule has 1 heterocycles. The van der Waals surface area contributed by atoms with Crippen LogP contribution < -0.4 is 0 Å². The fourth-order valence-electron chi connectivity index (χ4n) is 2.26. The molecule has 112 valence electrons. The summed E-state index contributed by atoms with van der Waals surface area (Å²) < 4.78 is 6.92. The molecule has 0 N–H and O–H groups in total. The topological polar surface area (TPSA) is 44.1 Å². The van der Waals surface area contributed by atoms with Crippen molar-refractivity contribution < 1.29 is 9.53 Å². The van der Waals surface area contributed by atoms with Crippen LogP contribution in [0.1, 0.15) is 29.4 Å². The first-order valence-electron chi connectivity index (χ1n) is 6.94. The molecule has 0 spiro atoms. The standard InChI is InChI=1S/C16H19ClN2O2/c1-4-21-16(20)9-15-11(2)18-19(12(15)3)10-13-5-7-14(17)8-6-13/h5-8H,4,9-10H2,1-3H3. The Labute approximate surface area is 129 Å². The highest BCUT2D eigenvalue weighted by molar-refractivity contribution is 6.30. The molecule has 1 aromatic carbocycles. The lowest BCUT2D eigenvalue weighted by atomic mass is 10.1. The number of halogens is 1. The van der Waals surface area contributed by atoms with Crippen LogP contribution in [0.25, 0.3) is 0 Å². The first-order chi connectivity index (χ1) is 10.0. The Balaban J connectivity index is 2.18. The van der Waals surface area contributed by atoms with E-state index in [1.807, 2.05) is 49.7 Å². The number of carbonyl (C=O) groups is 1. The van der Waals surface area contributed by atoms with Crippen LogP contribution in [0.5, 0.6) is 0 Å². The maximum atomic E-state index is 11.6. The molecule has 0 aliphatic heterocycles. The van der Waals surface area contributed by atoms with Gasteiger partial charge in [-0.25, -0.2) is 0 Å². The second kappa shape index (κ2) is 6.76. The number of ether oxygens (including phenoxy) is 1. The van der Waals surface area contributed by atoms with Crippen LogP contribution >= 0.6 is 11.6 Å². The Morgan fingerprint density at radius 2 is 1.95 bits per heavy atom. The fraction of sp³-hybridized carbons (Fsp3) is 0.375. The molecule has 0 unspecified atom stereocenters. The van der Waals surface area contributed by atoms with Crippen LogP contribution in [-0.4, -0.2) is 22.4 Å². The monoisotopic (exact) mass is 306 g/mol. The molecule has 0 bridgehead atoms. The van der Waals surface area contributed by atoms with E-state index in [1.54, 1.807) is 0 Å². The Morgan fingerprint density at radius 1 is 1.29 bits per heavy atom. The number of rotatable bonds is 5. The van der Waals surface area contributed by atoms with Crippen LogP contribution in [0.3, 0.4) is 0 Å². The summed E-state index contributed by atoms with van der Waals surface area (Å²) >= 11 is 5.89. The average Bonchev–Trinajstić information content (AvgIpc) is 2.69. The van der Waals surface area contributed by atoms with Gasteiger partial charge in [0, 0.05) is 16.3 Å². The number of benzene rings is 1. The molecule has 21 heavy (non-hydrogen) atoms. The summed E-state index contributed by atoms with van der Waals surface area (Å²) in [6.07, 6.45) is 0.270. The maximum Gasteiger partial charge on any atom is 0.310 e. The van der Waals surface area contributed by atoms with Crippen molar-refractivity contribution in [3.05, 3.63) is 51.8 Å². The summed E-state index contributed by atoms with van der Waals surface area (Å²) in [7, 11) is 0. The van der Waals surface area contributed by atoms with Crippen LogP contribution in [0.2, 0.25) is 5.02 Å². The second-order valence-corrected chi connectivity index (χ2v) is 5.35. The Kier molecular flexibility index (Phi) is 5.02. The minimum absolute atomic E-state index is 0.213. The zero-order valence-electron chi connectivity index (χ0n) is 12.5. The van der Waals surface area contributed by atoms with E-state index in [2.05, 4.69) is 5.10 Å².